The molecule has 0 radical (unpaired) electrons. The standard InChI is InChI=1S/C31H28N2O2S/c1-22-10-8-9-15-27(22)29(24-13-6-3-7-14-24)32-30(35)25-16-18-26(19-17-25)31-33(28(34)21-36-31)20-23-11-4-2-5-12-23/h2-19,29,31H,20-21H2,1H3,(H,32,35). The first kappa shape index (κ1) is 23.9. The average molecular weight is 493 g/mol. The number of nitrogens with one attached hydrogen (secondary N) is 1. The number of carbonyl (C=O) groups excluding carboxylic acids is 2. The smallest absolute Gasteiger partial charge is 0.252 e. The Kier molecular flexibility index (Phi) is 7.19. The quantitative estimate of drug-likeness (QED) is 0.330. The summed E-state index contributed by atoms with van der Waals surface area (Å²) < 4.78 is 0. The maximum absolute atomic E-state index is 13.3. The van der Waals surface area contributed by atoms with Gasteiger partial charge in [-0.25, -0.2) is 0 Å². The van der Waals surface area contributed by atoms with E-state index in [0.29, 0.717) is 17.9 Å². The highest BCUT2D eigenvalue weighted by atomic mass is 32.2. The van der Waals surface area contributed by atoms with Gasteiger partial charge in [-0.15, -0.1) is 11.8 Å². The fraction of sp³-hybridized carbons (Fsp3) is 0.161. The van der Waals surface area contributed by atoms with E-state index in [-0.39, 0.29) is 23.2 Å². The van der Waals surface area contributed by atoms with E-state index < -0.39 is 0 Å². The van der Waals surface area contributed by atoms with Crippen LogP contribution in [0.3, 0.4) is 0 Å². The number of nitrogens with zero attached hydrogens (tertiary/aromatic N) is 1. The van der Waals surface area contributed by atoms with Gasteiger partial charge in [0, 0.05) is 12.1 Å². The molecule has 4 nitrogen and oxygen atoms in total. The van der Waals surface area contributed by atoms with Crippen molar-refractivity contribution < 1.29 is 9.59 Å². The lowest BCUT2D eigenvalue weighted by Gasteiger charge is -2.25. The predicted molar refractivity (Wildman–Crippen MR) is 146 cm³/mol. The topological polar surface area (TPSA) is 49.4 Å². The monoisotopic (exact) mass is 492 g/mol. The molecule has 2 unspecified atom stereocenters. The van der Waals surface area contributed by atoms with Crippen molar-refractivity contribution in [3.05, 3.63) is 143 Å². The zero-order chi connectivity index (χ0) is 24.9. The van der Waals surface area contributed by atoms with Crippen LogP contribution in [0.25, 0.3) is 0 Å². The summed E-state index contributed by atoms with van der Waals surface area (Å²) in [5.74, 6) is 0.476. The van der Waals surface area contributed by atoms with Crippen LogP contribution in [0.1, 0.15) is 49.6 Å². The minimum absolute atomic E-state index is 0.0566. The van der Waals surface area contributed by atoms with Crippen LogP contribution in [0, 0.1) is 6.92 Å². The Bertz CT molecular complexity index is 1340. The summed E-state index contributed by atoms with van der Waals surface area (Å²) in [6, 6.07) is 35.6. The Morgan fingerprint density at radius 1 is 0.889 bits per heavy atom. The summed E-state index contributed by atoms with van der Waals surface area (Å²) >= 11 is 1.63. The Balaban J connectivity index is 1.35. The number of aryl methyl sites for hydroxylation is 1. The molecule has 2 atom stereocenters. The van der Waals surface area contributed by atoms with E-state index in [9.17, 15) is 9.59 Å². The van der Waals surface area contributed by atoms with E-state index in [1.807, 2.05) is 102 Å². The van der Waals surface area contributed by atoms with Crippen molar-refractivity contribution in [3.63, 3.8) is 0 Å². The van der Waals surface area contributed by atoms with Crippen molar-refractivity contribution in [3.8, 4) is 0 Å². The number of benzene rings is 4. The first-order valence-corrected chi connectivity index (χ1v) is 13.1. The van der Waals surface area contributed by atoms with Crippen LogP contribution in [0.2, 0.25) is 0 Å². The fourth-order valence-electron chi connectivity index (χ4n) is 4.59. The third-order valence-corrected chi connectivity index (χ3v) is 7.79. The van der Waals surface area contributed by atoms with Crippen LogP contribution in [0.5, 0.6) is 0 Å². The summed E-state index contributed by atoms with van der Waals surface area (Å²) in [4.78, 5) is 27.8. The molecule has 1 heterocycles. The van der Waals surface area contributed by atoms with Crippen LogP contribution in [0.4, 0.5) is 0 Å². The van der Waals surface area contributed by atoms with E-state index in [1.165, 1.54) is 0 Å². The number of hydrogen-bond acceptors (Lipinski definition) is 3. The molecule has 4 aromatic rings. The Morgan fingerprint density at radius 3 is 2.22 bits per heavy atom. The number of carbonyl (C=O) groups is 2. The molecule has 5 rings (SSSR count). The first-order chi connectivity index (χ1) is 17.6. The van der Waals surface area contributed by atoms with Crippen LogP contribution in [0.15, 0.2) is 109 Å². The first-order valence-electron chi connectivity index (χ1n) is 12.1. The van der Waals surface area contributed by atoms with Crippen molar-refractivity contribution in [1.29, 1.82) is 0 Å². The van der Waals surface area contributed by atoms with E-state index in [0.717, 1.165) is 27.8 Å². The van der Waals surface area contributed by atoms with Crippen LogP contribution in [-0.2, 0) is 11.3 Å². The molecule has 1 fully saturated rings. The van der Waals surface area contributed by atoms with Gasteiger partial charge < -0.3 is 10.2 Å². The van der Waals surface area contributed by atoms with E-state index in [2.05, 4.69) is 24.4 Å². The highest BCUT2D eigenvalue weighted by Crippen LogP contribution is 2.39. The maximum Gasteiger partial charge on any atom is 0.252 e. The SMILES string of the molecule is Cc1ccccc1C(NC(=O)c1ccc(C2SCC(=O)N2Cc2ccccc2)cc1)c1ccccc1. The number of amides is 2. The van der Waals surface area contributed by atoms with Gasteiger partial charge in [-0.3, -0.25) is 9.59 Å². The van der Waals surface area contributed by atoms with Gasteiger partial charge >= 0.3 is 0 Å². The highest BCUT2D eigenvalue weighted by molar-refractivity contribution is 8.00. The van der Waals surface area contributed by atoms with Gasteiger partial charge in [0.2, 0.25) is 5.91 Å². The van der Waals surface area contributed by atoms with Gasteiger partial charge in [0.25, 0.3) is 5.91 Å². The van der Waals surface area contributed by atoms with Gasteiger partial charge in [-0.2, -0.15) is 0 Å². The lowest BCUT2D eigenvalue weighted by molar-refractivity contribution is -0.128. The normalized spacial score (nSPS) is 16.1. The Hall–Kier alpha value is -3.83. The Morgan fingerprint density at radius 2 is 1.53 bits per heavy atom. The van der Waals surface area contributed by atoms with Crippen molar-refractivity contribution in [2.45, 2.75) is 24.9 Å². The molecule has 4 aromatic carbocycles. The van der Waals surface area contributed by atoms with Gasteiger partial charge in [-0.1, -0.05) is 97.1 Å². The number of hydrogen-bond donors (Lipinski definition) is 1. The third-order valence-electron chi connectivity index (χ3n) is 6.53. The molecule has 0 aromatic heterocycles. The number of thioether (sulfide) groups is 1. The van der Waals surface area contributed by atoms with Crippen molar-refractivity contribution in [2.75, 3.05) is 5.75 Å². The summed E-state index contributed by atoms with van der Waals surface area (Å²) in [5.41, 5.74) is 5.97. The molecule has 0 bridgehead atoms. The summed E-state index contributed by atoms with van der Waals surface area (Å²) in [6.45, 7) is 2.64. The molecule has 2 amide bonds. The average Bonchev–Trinajstić information content (AvgIpc) is 3.28. The van der Waals surface area contributed by atoms with Crippen LogP contribution >= 0.6 is 11.8 Å². The van der Waals surface area contributed by atoms with Crippen LogP contribution in [-0.4, -0.2) is 22.5 Å². The molecule has 1 N–H and O–H groups in total. The lowest BCUT2D eigenvalue weighted by atomic mass is 9.94. The van der Waals surface area contributed by atoms with Gasteiger partial charge in [0.1, 0.15) is 5.37 Å². The van der Waals surface area contributed by atoms with Crippen molar-refractivity contribution in [1.82, 2.24) is 10.2 Å². The van der Waals surface area contributed by atoms with Crippen molar-refractivity contribution >= 4 is 23.6 Å². The molecule has 0 aliphatic carbocycles. The second-order valence-corrected chi connectivity index (χ2v) is 10.0. The second kappa shape index (κ2) is 10.8. The van der Waals surface area contributed by atoms with Gasteiger partial charge in [-0.05, 0) is 46.9 Å². The Labute approximate surface area is 216 Å². The largest absolute Gasteiger partial charge is 0.341 e. The predicted octanol–water partition coefficient (Wildman–Crippen LogP) is 6.29. The molecule has 1 aliphatic heterocycles. The zero-order valence-electron chi connectivity index (χ0n) is 20.1. The maximum atomic E-state index is 13.3. The summed E-state index contributed by atoms with van der Waals surface area (Å²) in [5, 5.41) is 3.18. The van der Waals surface area contributed by atoms with Gasteiger partial charge in [0.05, 0.1) is 11.8 Å². The molecule has 180 valence electrons. The molecule has 1 saturated heterocycles. The highest BCUT2D eigenvalue weighted by Gasteiger charge is 2.32. The molecule has 0 saturated carbocycles. The summed E-state index contributed by atoms with van der Waals surface area (Å²) in [7, 11) is 0. The zero-order valence-corrected chi connectivity index (χ0v) is 20.9. The minimum Gasteiger partial charge on any atom is -0.341 e. The van der Waals surface area contributed by atoms with E-state index >= 15 is 0 Å². The fourth-order valence-corrected chi connectivity index (χ4v) is 5.78. The van der Waals surface area contributed by atoms with E-state index in [1.54, 1.807) is 11.8 Å². The molecular weight excluding hydrogens is 464 g/mol. The van der Waals surface area contributed by atoms with E-state index in [4.69, 9.17) is 0 Å². The van der Waals surface area contributed by atoms with Crippen molar-refractivity contribution in [2.24, 2.45) is 0 Å². The molecule has 5 heteroatoms. The molecular formula is C31H28N2O2S. The summed E-state index contributed by atoms with van der Waals surface area (Å²) in [6.07, 6.45) is 0. The second-order valence-electron chi connectivity index (χ2n) is 8.97. The molecule has 36 heavy (non-hydrogen) atoms. The number of rotatable bonds is 7. The molecule has 0 spiro atoms. The van der Waals surface area contributed by atoms with Crippen LogP contribution < -0.4 is 5.32 Å². The molecule has 1 aliphatic rings. The minimum atomic E-state index is -0.246. The lowest BCUT2D eigenvalue weighted by Crippen LogP contribution is -2.30. The third kappa shape index (κ3) is 5.21. The van der Waals surface area contributed by atoms with Gasteiger partial charge in [0.15, 0.2) is 0 Å².